The van der Waals surface area contributed by atoms with Crippen LogP contribution in [0.2, 0.25) is 0 Å². The summed E-state index contributed by atoms with van der Waals surface area (Å²) < 4.78 is 0. The van der Waals surface area contributed by atoms with E-state index in [0.29, 0.717) is 0 Å². The smallest absolute Gasteiger partial charge is 0.0540 e. The zero-order chi connectivity index (χ0) is 50.6. The van der Waals surface area contributed by atoms with Crippen LogP contribution >= 0.6 is 0 Å². The van der Waals surface area contributed by atoms with Crippen molar-refractivity contribution < 1.29 is 0 Å². The maximum Gasteiger partial charge on any atom is 0.0540 e. The van der Waals surface area contributed by atoms with E-state index in [0.717, 1.165) is 45.3 Å². The molecule has 0 heterocycles. The number of anilines is 6. The molecule has 13 aromatic rings. The van der Waals surface area contributed by atoms with Crippen molar-refractivity contribution in [2.75, 3.05) is 9.80 Å². The van der Waals surface area contributed by atoms with Crippen LogP contribution in [0.4, 0.5) is 34.1 Å². The first-order chi connectivity index (χ1) is 37.7. The fourth-order valence-electron chi connectivity index (χ4n) is 10.9. The minimum Gasteiger partial charge on any atom is -0.310 e. The summed E-state index contributed by atoms with van der Waals surface area (Å²) in [6, 6.07) is 105. The molecule has 13 aromatic carbocycles. The van der Waals surface area contributed by atoms with Gasteiger partial charge >= 0.3 is 0 Å². The highest BCUT2D eigenvalue weighted by molar-refractivity contribution is 6.21. The molecule has 0 saturated carbocycles. The standard InChI is InChI=1S/C74H52N2/c1-3-17-53(18-4-1)33-35-55-37-45-61(46-38-55)75(71-31-15-23-57-21-7-9-25-65(57)71)63-49-41-59(42-50-63)73-67-27-11-13-29-69(67)74(70-30-14-12-28-68(70)73)60-43-51-64(52-44-60)76(72-32-16-24-58-22-8-10-26-66(58)72)62-47-39-56(40-48-62)36-34-54-19-5-2-6-20-54/h1-52H/b35-33+,36-34+. The van der Waals surface area contributed by atoms with Crippen LogP contribution in [0.25, 0.3) is 89.6 Å². The molecule has 0 aliphatic rings. The summed E-state index contributed by atoms with van der Waals surface area (Å²) in [4.78, 5) is 4.78. The van der Waals surface area contributed by atoms with Crippen molar-refractivity contribution in [3.8, 4) is 22.3 Å². The van der Waals surface area contributed by atoms with Crippen LogP contribution in [-0.4, -0.2) is 0 Å². The molecule has 0 saturated heterocycles. The summed E-state index contributed by atoms with van der Waals surface area (Å²) >= 11 is 0. The molecule has 13 rings (SSSR count). The highest BCUT2D eigenvalue weighted by Crippen LogP contribution is 2.47. The van der Waals surface area contributed by atoms with Crippen molar-refractivity contribution in [3.05, 3.63) is 313 Å². The molecule has 358 valence electrons. The fraction of sp³-hybridized carbons (Fsp3) is 0. The van der Waals surface area contributed by atoms with Gasteiger partial charge in [-0.05, 0) is 137 Å². The van der Waals surface area contributed by atoms with E-state index < -0.39 is 0 Å². The van der Waals surface area contributed by atoms with Crippen LogP contribution in [0.15, 0.2) is 291 Å². The summed E-state index contributed by atoms with van der Waals surface area (Å²) in [5.41, 5.74) is 16.1. The van der Waals surface area contributed by atoms with Gasteiger partial charge in [0.1, 0.15) is 0 Å². The lowest BCUT2D eigenvalue weighted by Crippen LogP contribution is -2.10. The average molecular weight is 969 g/mol. The molecule has 0 bridgehead atoms. The maximum absolute atomic E-state index is 2.39. The first kappa shape index (κ1) is 45.8. The number of benzene rings is 13. The van der Waals surface area contributed by atoms with Gasteiger partial charge < -0.3 is 9.80 Å². The second-order valence-corrected chi connectivity index (χ2v) is 19.3. The van der Waals surface area contributed by atoms with Crippen LogP contribution in [0.5, 0.6) is 0 Å². The maximum atomic E-state index is 2.39. The molecule has 0 aromatic heterocycles. The predicted molar refractivity (Wildman–Crippen MR) is 327 cm³/mol. The molecule has 2 heteroatoms. The van der Waals surface area contributed by atoms with Gasteiger partial charge in [0.15, 0.2) is 0 Å². The van der Waals surface area contributed by atoms with Crippen LogP contribution in [0.3, 0.4) is 0 Å². The molecular weight excluding hydrogens is 917 g/mol. The van der Waals surface area contributed by atoms with E-state index in [2.05, 4.69) is 325 Å². The number of hydrogen-bond acceptors (Lipinski definition) is 2. The highest BCUT2D eigenvalue weighted by Gasteiger charge is 2.21. The zero-order valence-corrected chi connectivity index (χ0v) is 41.9. The van der Waals surface area contributed by atoms with Gasteiger partial charge in [-0.25, -0.2) is 0 Å². The highest BCUT2D eigenvalue weighted by atomic mass is 15.1. The van der Waals surface area contributed by atoms with Gasteiger partial charge in [0.2, 0.25) is 0 Å². The molecule has 2 nitrogen and oxygen atoms in total. The minimum absolute atomic E-state index is 1.09. The first-order valence-electron chi connectivity index (χ1n) is 26.1. The van der Waals surface area contributed by atoms with E-state index in [1.54, 1.807) is 0 Å². The molecule has 0 aliphatic heterocycles. The van der Waals surface area contributed by atoms with Crippen molar-refractivity contribution >= 4 is 102 Å². The Hall–Kier alpha value is -10.0. The Balaban J connectivity index is 0.881. The first-order valence-corrected chi connectivity index (χ1v) is 26.1. The largest absolute Gasteiger partial charge is 0.310 e. The fourth-order valence-corrected chi connectivity index (χ4v) is 10.9. The van der Waals surface area contributed by atoms with Gasteiger partial charge in [0.05, 0.1) is 11.4 Å². The third kappa shape index (κ3) is 8.99. The van der Waals surface area contributed by atoms with Crippen LogP contribution in [0, 0.1) is 0 Å². The van der Waals surface area contributed by atoms with E-state index in [9.17, 15) is 0 Å². The van der Waals surface area contributed by atoms with Gasteiger partial charge in [0, 0.05) is 33.5 Å². The molecule has 0 spiro atoms. The Morgan fingerprint density at radius 1 is 0.197 bits per heavy atom. The van der Waals surface area contributed by atoms with E-state index in [-0.39, 0.29) is 0 Å². The van der Waals surface area contributed by atoms with Crippen molar-refractivity contribution in [1.29, 1.82) is 0 Å². The molecule has 0 aliphatic carbocycles. The van der Waals surface area contributed by atoms with Crippen molar-refractivity contribution in [2.24, 2.45) is 0 Å². The van der Waals surface area contributed by atoms with Crippen molar-refractivity contribution in [2.45, 2.75) is 0 Å². The summed E-state index contributed by atoms with van der Waals surface area (Å²) in [5, 5.41) is 9.69. The lowest BCUT2D eigenvalue weighted by molar-refractivity contribution is 1.30. The number of hydrogen-bond donors (Lipinski definition) is 0. The zero-order valence-electron chi connectivity index (χ0n) is 41.9. The summed E-state index contributed by atoms with van der Waals surface area (Å²) in [6.07, 6.45) is 8.69. The van der Waals surface area contributed by atoms with E-state index in [4.69, 9.17) is 0 Å². The van der Waals surface area contributed by atoms with Crippen molar-refractivity contribution in [3.63, 3.8) is 0 Å². The Labute approximate surface area is 444 Å². The molecule has 0 fully saturated rings. The summed E-state index contributed by atoms with van der Waals surface area (Å²) in [5.74, 6) is 0. The Bertz CT molecular complexity index is 3890. The summed E-state index contributed by atoms with van der Waals surface area (Å²) in [7, 11) is 0. The molecule has 0 radical (unpaired) electrons. The SMILES string of the molecule is C(=C\c1ccc(N(c2ccc(-c3c4ccccc4c(-c4ccc(N(c5ccc(/C=C/c6ccccc6)cc5)c5cccc6ccccc56)cc4)c4ccccc34)cc2)c2cccc3ccccc23)cc1)/c1ccccc1. The summed E-state index contributed by atoms with van der Waals surface area (Å²) in [6.45, 7) is 0. The number of nitrogens with zero attached hydrogens (tertiary/aromatic N) is 2. The van der Waals surface area contributed by atoms with Gasteiger partial charge in [-0.15, -0.1) is 0 Å². The number of fused-ring (bicyclic) bond motifs is 4. The Morgan fingerprint density at radius 2 is 0.461 bits per heavy atom. The molecule has 76 heavy (non-hydrogen) atoms. The number of rotatable bonds is 12. The quantitative estimate of drug-likeness (QED) is 0.0889. The predicted octanol–water partition coefficient (Wildman–Crippen LogP) is 20.9. The van der Waals surface area contributed by atoms with E-state index in [1.165, 1.54) is 76.5 Å². The third-order valence-electron chi connectivity index (χ3n) is 14.6. The van der Waals surface area contributed by atoms with Crippen LogP contribution in [0.1, 0.15) is 22.3 Å². The van der Waals surface area contributed by atoms with Crippen LogP contribution in [-0.2, 0) is 0 Å². The van der Waals surface area contributed by atoms with Gasteiger partial charge in [-0.2, -0.15) is 0 Å². The minimum atomic E-state index is 1.09. The lowest BCUT2D eigenvalue weighted by atomic mass is 9.86. The van der Waals surface area contributed by atoms with Crippen LogP contribution < -0.4 is 9.80 Å². The lowest BCUT2D eigenvalue weighted by Gasteiger charge is -2.27. The molecule has 0 amide bonds. The molecule has 0 atom stereocenters. The van der Waals surface area contributed by atoms with E-state index >= 15 is 0 Å². The molecular formula is C74H52N2. The average Bonchev–Trinajstić information content (AvgIpc) is 3.53. The molecule has 0 unspecified atom stereocenters. The Kier molecular flexibility index (Phi) is 12.3. The van der Waals surface area contributed by atoms with Crippen molar-refractivity contribution in [1.82, 2.24) is 0 Å². The van der Waals surface area contributed by atoms with Gasteiger partial charge in [0.25, 0.3) is 0 Å². The normalized spacial score (nSPS) is 11.6. The van der Waals surface area contributed by atoms with Gasteiger partial charge in [-0.1, -0.05) is 255 Å². The second-order valence-electron chi connectivity index (χ2n) is 19.3. The monoisotopic (exact) mass is 968 g/mol. The second kappa shape index (κ2) is 20.5. The molecule has 0 N–H and O–H groups in total. The Morgan fingerprint density at radius 3 is 0.803 bits per heavy atom. The van der Waals surface area contributed by atoms with Gasteiger partial charge in [-0.3, -0.25) is 0 Å². The third-order valence-corrected chi connectivity index (χ3v) is 14.6. The van der Waals surface area contributed by atoms with E-state index in [1.807, 2.05) is 0 Å². The topological polar surface area (TPSA) is 6.48 Å².